The van der Waals surface area contributed by atoms with Gasteiger partial charge in [-0.25, -0.2) is 9.37 Å². The molecule has 7 nitrogen and oxygen atoms in total. The van der Waals surface area contributed by atoms with Crippen LogP contribution < -0.4 is 11.1 Å². The molecule has 0 bridgehead atoms. The van der Waals surface area contributed by atoms with Gasteiger partial charge in [0.15, 0.2) is 0 Å². The largest absolute Gasteiger partial charge is 0.403 e. The molecular formula is C16H18ClFN6O. The highest BCUT2D eigenvalue weighted by Crippen LogP contribution is 2.20. The Balaban J connectivity index is 1.56. The molecule has 0 unspecified atom stereocenters. The van der Waals surface area contributed by atoms with Gasteiger partial charge < -0.3 is 20.4 Å². The van der Waals surface area contributed by atoms with Gasteiger partial charge in [0.2, 0.25) is 5.91 Å². The van der Waals surface area contributed by atoms with Crippen molar-refractivity contribution in [1.29, 1.82) is 0 Å². The van der Waals surface area contributed by atoms with E-state index in [2.05, 4.69) is 15.3 Å². The number of nitrogens with two attached hydrogens (primary N) is 1. The Morgan fingerprint density at radius 3 is 3.04 bits per heavy atom. The van der Waals surface area contributed by atoms with Gasteiger partial charge in [0.05, 0.1) is 29.4 Å². The molecule has 0 radical (unpaired) electrons. The summed E-state index contributed by atoms with van der Waals surface area (Å²) >= 11 is 5.99. The SMILES string of the molecule is CN=C(C(Cl)=CN)N1CC(C(=O)NCc2cnc3cc(F)ccn23)C1. The van der Waals surface area contributed by atoms with Gasteiger partial charge in [0.1, 0.15) is 17.3 Å². The molecule has 2 aromatic heterocycles. The van der Waals surface area contributed by atoms with Crippen molar-refractivity contribution in [1.82, 2.24) is 19.6 Å². The number of hydrogen-bond acceptors (Lipinski definition) is 4. The lowest BCUT2D eigenvalue weighted by atomic mass is 9.99. The smallest absolute Gasteiger partial charge is 0.227 e. The standard InChI is InChI=1S/C16H18ClFN6O/c1-20-15(13(17)5-19)23-8-10(9-23)16(25)22-7-12-6-21-14-4-11(18)2-3-24(12)14/h2-6,10H,7-9,19H2,1H3,(H,22,25). The minimum absolute atomic E-state index is 0.0587. The van der Waals surface area contributed by atoms with E-state index in [-0.39, 0.29) is 17.6 Å². The number of nitrogens with one attached hydrogen (secondary N) is 1. The van der Waals surface area contributed by atoms with Crippen molar-refractivity contribution in [2.75, 3.05) is 20.1 Å². The van der Waals surface area contributed by atoms with Crippen molar-refractivity contribution in [3.8, 4) is 0 Å². The lowest BCUT2D eigenvalue weighted by molar-refractivity contribution is -0.128. The Morgan fingerprint density at radius 2 is 2.36 bits per heavy atom. The number of hydrogen-bond donors (Lipinski definition) is 2. The van der Waals surface area contributed by atoms with Crippen molar-refractivity contribution in [3.63, 3.8) is 0 Å². The third kappa shape index (κ3) is 3.43. The highest BCUT2D eigenvalue weighted by Gasteiger charge is 2.35. The molecule has 1 aliphatic rings. The molecule has 1 fully saturated rings. The summed E-state index contributed by atoms with van der Waals surface area (Å²) in [5, 5.41) is 3.24. The Bertz CT molecular complexity index is 855. The fourth-order valence-electron chi connectivity index (χ4n) is 2.75. The van der Waals surface area contributed by atoms with Gasteiger partial charge in [-0.3, -0.25) is 9.79 Å². The number of nitrogens with zero attached hydrogens (tertiary/aromatic N) is 4. The van der Waals surface area contributed by atoms with Crippen LogP contribution in [0.3, 0.4) is 0 Å². The number of fused-ring (bicyclic) bond motifs is 1. The lowest BCUT2D eigenvalue weighted by Gasteiger charge is -2.40. The quantitative estimate of drug-likeness (QED) is 0.628. The fourth-order valence-corrected chi connectivity index (χ4v) is 2.96. The number of amidine groups is 1. The number of imidazole rings is 1. The van der Waals surface area contributed by atoms with Crippen LogP contribution in [-0.2, 0) is 11.3 Å². The molecule has 25 heavy (non-hydrogen) atoms. The second-order valence-electron chi connectivity index (χ2n) is 5.70. The van der Waals surface area contributed by atoms with E-state index < -0.39 is 0 Å². The first kappa shape index (κ1) is 17.2. The van der Waals surface area contributed by atoms with E-state index >= 15 is 0 Å². The van der Waals surface area contributed by atoms with Gasteiger partial charge in [0.25, 0.3) is 0 Å². The predicted octanol–water partition coefficient (Wildman–Crippen LogP) is 1.09. The van der Waals surface area contributed by atoms with Crippen molar-refractivity contribution >= 4 is 29.0 Å². The number of carbonyl (C=O) groups is 1. The molecule has 0 aromatic carbocycles. The molecule has 1 amide bonds. The number of likely N-dealkylation sites (tertiary alicyclic amines) is 1. The Hall–Kier alpha value is -2.61. The van der Waals surface area contributed by atoms with Gasteiger partial charge in [0, 0.05) is 38.6 Å². The van der Waals surface area contributed by atoms with Crippen molar-refractivity contribution < 1.29 is 9.18 Å². The third-order valence-corrected chi connectivity index (χ3v) is 4.41. The predicted molar refractivity (Wildman–Crippen MR) is 93.5 cm³/mol. The van der Waals surface area contributed by atoms with Crippen molar-refractivity contribution in [3.05, 3.63) is 47.3 Å². The second kappa shape index (κ2) is 7.10. The number of pyridine rings is 1. The Morgan fingerprint density at radius 1 is 1.60 bits per heavy atom. The molecule has 0 spiro atoms. The Kier molecular flexibility index (Phi) is 4.89. The summed E-state index contributed by atoms with van der Waals surface area (Å²) in [6.45, 7) is 1.38. The molecule has 132 valence electrons. The summed E-state index contributed by atoms with van der Waals surface area (Å²) in [4.78, 5) is 22.4. The van der Waals surface area contributed by atoms with Crippen LogP contribution in [0, 0.1) is 11.7 Å². The van der Waals surface area contributed by atoms with Crippen molar-refractivity contribution in [2.24, 2.45) is 16.6 Å². The van der Waals surface area contributed by atoms with Gasteiger partial charge in [-0.2, -0.15) is 0 Å². The first-order valence-electron chi connectivity index (χ1n) is 7.72. The first-order chi connectivity index (χ1) is 12.0. The summed E-state index contributed by atoms with van der Waals surface area (Å²) in [6, 6.07) is 2.69. The van der Waals surface area contributed by atoms with Crippen LogP contribution in [0.15, 0.2) is 40.8 Å². The first-order valence-corrected chi connectivity index (χ1v) is 8.10. The summed E-state index contributed by atoms with van der Waals surface area (Å²) < 4.78 is 14.9. The summed E-state index contributed by atoms with van der Waals surface area (Å²) in [7, 11) is 1.63. The van der Waals surface area contributed by atoms with Gasteiger partial charge in [-0.1, -0.05) is 11.6 Å². The maximum atomic E-state index is 13.2. The topological polar surface area (TPSA) is 88.0 Å². The number of rotatable bonds is 4. The van der Waals surface area contributed by atoms with E-state index in [0.29, 0.717) is 36.1 Å². The maximum Gasteiger partial charge on any atom is 0.227 e. The highest BCUT2D eigenvalue weighted by molar-refractivity contribution is 6.43. The molecule has 0 aliphatic carbocycles. The zero-order valence-corrected chi connectivity index (χ0v) is 14.4. The Labute approximate surface area is 149 Å². The summed E-state index contributed by atoms with van der Waals surface area (Å²) in [5.41, 5.74) is 6.69. The van der Waals surface area contributed by atoms with Crippen LogP contribution in [0.2, 0.25) is 0 Å². The maximum absolute atomic E-state index is 13.2. The molecule has 1 aliphatic heterocycles. The number of aliphatic imine (C=N–C) groups is 1. The molecule has 3 N–H and O–H groups in total. The third-order valence-electron chi connectivity index (χ3n) is 4.12. The number of aromatic nitrogens is 2. The van der Waals surface area contributed by atoms with Gasteiger partial charge in [-0.05, 0) is 6.07 Å². The lowest BCUT2D eigenvalue weighted by Crippen LogP contribution is -2.55. The van der Waals surface area contributed by atoms with Crippen LogP contribution in [0.1, 0.15) is 5.69 Å². The summed E-state index contributed by atoms with van der Waals surface area (Å²) in [5.74, 6) is 0.0334. The second-order valence-corrected chi connectivity index (χ2v) is 6.11. The fraction of sp³-hybridized carbons (Fsp3) is 0.312. The zero-order chi connectivity index (χ0) is 18.0. The molecule has 9 heteroatoms. The minimum atomic E-state index is -0.346. The van der Waals surface area contributed by atoms with E-state index in [1.54, 1.807) is 23.8 Å². The highest BCUT2D eigenvalue weighted by atomic mass is 35.5. The number of halogens is 2. The van der Waals surface area contributed by atoms with E-state index in [9.17, 15) is 9.18 Å². The van der Waals surface area contributed by atoms with Gasteiger partial charge >= 0.3 is 0 Å². The van der Waals surface area contributed by atoms with Crippen molar-refractivity contribution in [2.45, 2.75) is 6.54 Å². The normalized spacial score (nSPS) is 16.2. The van der Waals surface area contributed by atoms with Crippen LogP contribution in [0.4, 0.5) is 4.39 Å². The molecular weight excluding hydrogens is 347 g/mol. The molecule has 3 rings (SSSR count). The van der Waals surface area contributed by atoms with Crippen LogP contribution in [-0.4, -0.2) is 46.2 Å². The van der Waals surface area contributed by atoms with Gasteiger partial charge in [-0.15, -0.1) is 0 Å². The number of carbonyl (C=O) groups excluding carboxylic acids is 1. The average Bonchev–Trinajstić information content (AvgIpc) is 2.96. The molecule has 1 saturated heterocycles. The van der Waals surface area contributed by atoms with Crippen LogP contribution in [0.5, 0.6) is 0 Å². The van der Waals surface area contributed by atoms with Crippen LogP contribution >= 0.6 is 11.6 Å². The molecule has 3 heterocycles. The zero-order valence-electron chi connectivity index (χ0n) is 13.6. The monoisotopic (exact) mass is 364 g/mol. The van der Waals surface area contributed by atoms with E-state index in [4.69, 9.17) is 17.3 Å². The number of amides is 1. The van der Waals surface area contributed by atoms with E-state index in [1.165, 1.54) is 18.3 Å². The molecule has 0 atom stereocenters. The minimum Gasteiger partial charge on any atom is -0.403 e. The van der Waals surface area contributed by atoms with E-state index in [1.807, 2.05) is 4.90 Å². The average molecular weight is 365 g/mol. The molecule has 0 saturated carbocycles. The molecule has 2 aromatic rings. The van der Waals surface area contributed by atoms with Crippen LogP contribution in [0.25, 0.3) is 5.65 Å². The summed E-state index contributed by atoms with van der Waals surface area (Å²) in [6.07, 6.45) is 4.50. The van der Waals surface area contributed by atoms with E-state index in [0.717, 1.165) is 5.69 Å².